The smallest absolute Gasteiger partial charge is 0.408 e. The molecule has 0 saturated heterocycles. The minimum absolute atomic E-state index is 0.0288. The number of primary amides is 1. The molecule has 1 aromatic carbocycles. The van der Waals surface area contributed by atoms with Crippen LogP contribution in [0.1, 0.15) is 70.4 Å². The first kappa shape index (κ1) is 25.2. The van der Waals surface area contributed by atoms with Crippen LogP contribution in [0.5, 0.6) is 5.75 Å². The summed E-state index contributed by atoms with van der Waals surface area (Å²) in [6.07, 6.45) is 0.614. The van der Waals surface area contributed by atoms with E-state index in [-0.39, 0.29) is 23.6 Å². The number of aromatic nitrogens is 1. The van der Waals surface area contributed by atoms with Crippen LogP contribution in [0.15, 0.2) is 23.0 Å². The summed E-state index contributed by atoms with van der Waals surface area (Å²) >= 11 is 0. The summed E-state index contributed by atoms with van der Waals surface area (Å²) in [6, 6.07) is 4.68. The molecule has 0 saturated carbocycles. The quantitative estimate of drug-likeness (QED) is 0.561. The highest BCUT2D eigenvalue weighted by Gasteiger charge is 2.30. The van der Waals surface area contributed by atoms with Crippen molar-refractivity contribution < 1.29 is 19.4 Å². The molecular formula is C24H35N3O5. The van der Waals surface area contributed by atoms with Crippen LogP contribution in [0.2, 0.25) is 0 Å². The molecule has 0 spiro atoms. The van der Waals surface area contributed by atoms with Crippen LogP contribution >= 0.6 is 0 Å². The van der Waals surface area contributed by atoms with Gasteiger partial charge in [0.25, 0.3) is 5.56 Å². The van der Waals surface area contributed by atoms with Crippen LogP contribution < -0.4 is 16.0 Å². The summed E-state index contributed by atoms with van der Waals surface area (Å²) in [5, 5.41) is 10.8. The first-order valence-electron chi connectivity index (χ1n) is 11.0. The number of hydrogen-bond donors (Lipinski definition) is 2. The van der Waals surface area contributed by atoms with Crippen molar-refractivity contribution in [3.63, 3.8) is 0 Å². The van der Waals surface area contributed by atoms with E-state index in [4.69, 9.17) is 10.5 Å². The number of rotatable bonds is 9. The molecule has 0 aliphatic heterocycles. The first-order valence-corrected chi connectivity index (χ1v) is 11.0. The number of fused-ring (bicyclic) bond motifs is 1. The standard InChI is InChI=1S/C24H35N3O5/c1-7-8-11-32-20-18-12-16(21(25)28)9-10-17(18)22(29)26(13-15(2)3)19(20)14-27(23(30)31)24(4,5)6/h9-10,12,15H,7-8,11,13-14H2,1-6H3,(H2,25,28)(H,30,31). The Morgan fingerprint density at radius 1 is 1.22 bits per heavy atom. The van der Waals surface area contributed by atoms with E-state index in [2.05, 4.69) is 0 Å². The number of amides is 2. The Balaban J connectivity index is 2.90. The highest BCUT2D eigenvalue weighted by Crippen LogP contribution is 2.32. The Morgan fingerprint density at radius 3 is 2.38 bits per heavy atom. The molecule has 0 radical (unpaired) electrons. The van der Waals surface area contributed by atoms with Crippen molar-refractivity contribution in [1.29, 1.82) is 0 Å². The van der Waals surface area contributed by atoms with Gasteiger partial charge < -0.3 is 20.1 Å². The van der Waals surface area contributed by atoms with E-state index in [1.54, 1.807) is 37.5 Å². The SMILES string of the molecule is CCCCOc1c(CN(C(=O)O)C(C)(C)C)n(CC(C)C)c(=O)c2ccc(C(N)=O)cc12. The van der Waals surface area contributed by atoms with E-state index in [0.717, 1.165) is 12.8 Å². The maximum atomic E-state index is 13.5. The van der Waals surface area contributed by atoms with Gasteiger partial charge in [0.1, 0.15) is 5.75 Å². The lowest BCUT2D eigenvalue weighted by atomic mass is 10.0. The number of carbonyl (C=O) groups excluding carboxylic acids is 1. The second-order valence-electron chi connectivity index (χ2n) is 9.45. The maximum Gasteiger partial charge on any atom is 0.408 e. The molecular weight excluding hydrogens is 410 g/mol. The molecule has 176 valence electrons. The van der Waals surface area contributed by atoms with Crippen molar-refractivity contribution in [3.8, 4) is 5.75 Å². The van der Waals surface area contributed by atoms with Gasteiger partial charge in [0.15, 0.2) is 0 Å². The van der Waals surface area contributed by atoms with Crippen molar-refractivity contribution >= 4 is 22.8 Å². The Morgan fingerprint density at radius 2 is 1.88 bits per heavy atom. The highest BCUT2D eigenvalue weighted by atomic mass is 16.5. The van der Waals surface area contributed by atoms with Gasteiger partial charge in [-0.25, -0.2) is 4.79 Å². The van der Waals surface area contributed by atoms with Gasteiger partial charge in [-0.2, -0.15) is 0 Å². The van der Waals surface area contributed by atoms with Gasteiger partial charge >= 0.3 is 6.09 Å². The molecule has 1 aromatic heterocycles. The molecule has 32 heavy (non-hydrogen) atoms. The molecule has 0 fully saturated rings. The lowest BCUT2D eigenvalue weighted by molar-refractivity contribution is 0.0926. The summed E-state index contributed by atoms with van der Waals surface area (Å²) < 4.78 is 7.78. The molecule has 3 N–H and O–H groups in total. The average molecular weight is 446 g/mol. The molecule has 8 nitrogen and oxygen atoms in total. The van der Waals surface area contributed by atoms with Crippen LogP contribution in [-0.4, -0.2) is 38.7 Å². The molecule has 8 heteroatoms. The van der Waals surface area contributed by atoms with E-state index >= 15 is 0 Å². The second-order valence-corrected chi connectivity index (χ2v) is 9.45. The largest absolute Gasteiger partial charge is 0.491 e. The number of pyridine rings is 1. The van der Waals surface area contributed by atoms with Gasteiger partial charge in [0.2, 0.25) is 5.91 Å². The molecule has 2 amide bonds. The van der Waals surface area contributed by atoms with Crippen LogP contribution in [0.4, 0.5) is 4.79 Å². The third kappa shape index (κ3) is 5.60. The van der Waals surface area contributed by atoms with E-state index < -0.39 is 17.5 Å². The molecule has 1 heterocycles. The average Bonchev–Trinajstić information content (AvgIpc) is 2.68. The monoisotopic (exact) mass is 445 g/mol. The number of benzene rings is 1. The molecule has 0 atom stereocenters. The number of unbranched alkanes of at least 4 members (excludes halogenated alkanes) is 1. The first-order chi connectivity index (χ1) is 14.9. The fourth-order valence-corrected chi connectivity index (χ4v) is 3.55. The molecule has 0 unspecified atom stereocenters. The molecule has 0 bridgehead atoms. The number of nitrogens with zero attached hydrogens (tertiary/aromatic N) is 2. The van der Waals surface area contributed by atoms with E-state index in [1.807, 2.05) is 20.8 Å². The number of hydrogen-bond acceptors (Lipinski definition) is 4. The molecule has 2 aromatic rings. The molecule has 0 aliphatic carbocycles. The second kappa shape index (κ2) is 10.1. The lowest BCUT2D eigenvalue weighted by Gasteiger charge is -2.34. The summed E-state index contributed by atoms with van der Waals surface area (Å²) in [6.45, 7) is 12.2. The van der Waals surface area contributed by atoms with Crippen molar-refractivity contribution in [2.75, 3.05) is 6.61 Å². The fourth-order valence-electron chi connectivity index (χ4n) is 3.55. The van der Waals surface area contributed by atoms with Gasteiger partial charge in [-0.1, -0.05) is 27.2 Å². The predicted molar refractivity (Wildman–Crippen MR) is 125 cm³/mol. The number of nitrogens with two attached hydrogens (primary N) is 1. The topological polar surface area (TPSA) is 115 Å². The predicted octanol–water partition coefficient (Wildman–Crippen LogP) is 4.21. The van der Waals surface area contributed by atoms with Crippen LogP contribution in [0, 0.1) is 5.92 Å². The van der Waals surface area contributed by atoms with Gasteiger partial charge in [-0.3, -0.25) is 14.5 Å². The third-order valence-corrected chi connectivity index (χ3v) is 5.25. The zero-order chi connectivity index (χ0) is 24.2. The summed E-state index contributed by atoms with van der Waals surface area (Å²) in [5.74, 6) is -0.0429. The zero-order valence-electron chi connectivity index (χ0n) is 19.9. The number of ether oxygens (including phenoxy) is 1. The van der Waals surface area contributed by atoms with E-state index in [1.165, 1.54) is 11.0 Å². The van der Waals surface area contributed by atoms with Gasteiger partial charge in [0.05, 0.1) is 24.2 Å². The van der Waals surface area contributed by atoms with Crippen LogP contribution in [-0.2, 0) is 13.1 Å². The normalized spacial score (nSPS) is 11.7. The minimum atomic E-state index is -1.09. The Hall–Kier alpha value is -3.03. The lowest BCUT2D eigenvalue weighted by Crippen LogP contribution is -2.45. The van der Waals surface area contributed by atoms with Gasteiger partial charge in [-0.15, -0.1) is 0 Å². The molecule has 0 aliphatic rings. The zero-order valence-corrected chi connectivity index (χ0v) is 19.9. The Kier molecular flexibility index (Phi) is 7.93. The summed E-state index contributed by atoms with van der Waals surface area (Å²) in [7, 11) is 0. The van der Waals surface area contributed by atoms with E-state index in [9.17, 15) is 19.5 Å². The Labute approximate surface area is 189 Å². The van der Waals surface area contributed by atoms with Crippen molar-refractivity contribution in [2.45, 2.75) is 73.0 Å². The number of carbonyl (C=O) groups is 2. The minimum Gasteiger partial charge on any atom is -0.491 e. The fraction of sp³-hybridized carbons (Fsp3) is 0.542. The van der Waals surface area contributed by atoms with Crippen molar-refractivity contribution in [2.24, 2.45) is 11.7 Å². The molecule has 2 rings (SSSR count). The van der Waals surface area contributed by atoms with Gasteiger partial charge in [0, 0.05) is 23.0 Å². The van der Waals surface area contributed by atoms with Crippen molar-refractivity contribution in [1.82, 2.24) is 9.47 Å². The van der Waals surface area contributed by atoms with Crippen LogP contribution in [0.3, 0.4) is 0 Å². The van der Waals surface area contributed by atoms with Crippen molar-refractivity contribution in [3.05, 3.63) is 39.8 Å². The number of carboxylic acid groups (broad SMARTS) is 1. The third-order valence-electron chi connectivity index (χ3n) is 5.25. The van der Waals surface area contributed by atoms with E-state index in [0.29, 0.717) is 35.4 Å². The maximum absolute atomic E-state index is 13.5. The summed E-state index contributed by atoms with van der Waals surface area (Å²) in [4.78, 5) is 38.7. The summed E-state index contributed by atoms with van der Waals surface area (Å²) in [5.41, 5.74) is 5.27. The van der Waals surface area contributed by atoms with Gasteiger partial charge in [-0.05, 0) is 51.3 Å². The Bertz CT molecular complexity index is 1050. The van der Waals surface area contributed by atoms with Crippen LogP contribution in [0.25, 0.3) is 10.8 Å². The highest BCUT2D eigenvalue weighted by molar-refractivity contribution is 5.99.